The number of aryl methyl sites for hydroxylation is 2. The van der Waals surface area contributed by atoms with E-state index in [9.17, 15) is 4.79 Å². The van der Waals surface area contributed by atoms with E-state index in [0.29, 0.717) is 25.0 Å². The van der Waals surface area contributed by atoms with E-state index >= 15 is 0 Å². The Kier molecular flexibility index (Phi) is 11.2. The second-order valence-corrected chi connectivity index (χ2v) is 14.7. The van der Waals surface area contributed by atoms with Crippen molar-refractivity contribution in [1.82, 2.24) is 9.47 Å². The fraction of sp³-hybridized carbons (Fsp3) is 0.467. The predicted molar refractivity (Wildman–Crippen MR) is 211 cm³/mol. The number of aromatic nitrogens is 1. The highest BCUT2D eigenvalue weighted by atomic mass is 16.5. The molecule has 1 atom stereocenters. The molecule has 1 saturated heterocycles. The third kappa shape index (κ3) is 7.18. The fourth-order valence-corrected chi connectivity index (χ4v) is 7.96. The maximum Gasteiger partial charge on any atom is 0.251 e. The van der Waals surface area contributed by atoms with E-state index in [1.54, 1.807) is 0 Å². The van der Waals surface area contributed by atoms with Crippen LogP contribution in [0.25, 0.3) is 22.0 Å². The molecule has 3 aromatic carbocycles. The van der Waals surface area contributed by atoms with Crippen LogP contribution in [-0.2, 0) is 16.7 Å². The van der Waals surface area contributed by atoms with Gasteiger partial charge in [-0.25, -0.2) is 0 Å². The summed E-state index contributed by atoms with van der Waals surface area (Å²) in [6.07, 6.45) is 10.9. The van der Waals surface area contributed by atoms with Crippen LogP contribution in [0.2, 0.25) is 0 Å². The van der Waals surface area contributed by atoms with Crippen LogP contribution < -0.4 is 5.56 Å². The molecule has 264 valence electrons. The van der Waals surface area contributed by atoms with E-state index in [1.165, 1.54) is 46.2 Å². The second kappa shape index (κ2) is 15.6. The van der Waals surface area contributed by atoms with Gasteiger partial charge in [0.05, 0.1) is 24.3 Å². The number of fused-ring (bicyclic) bond motifs is 1. The van der Waals surface area contributed by atoms with E-state index in [4.69, 9.17) is 9.73 Å². The van der Waals surface area contributed by atoms with Gasteiger partial charge in [-0.15, -0.1) is 0 Å². The Morgan fingerprint density at radius 3 is 2.36 bits per heavy atom. The normalized spacial score (nSPS) is 18.4. The molecule has 5 nitrogen and oxygen atoms in total. The molecule has 4 aromatic rings. The minimum absolute atomic E-state index is 0.0970. The molecular weight excluding hydrogens is 615 g/mol. The topological polar surface area (TPSA) is 46.8 Å². The second-order valence-electron chi connectivity index (χ2n) is 14.7. The van der Waals surface area contributed by atoms with Gasteiger partial charge < -0.3 is 9.30 Å². The first kappa shape index (κ1) is 36.0. The van der Waals surface area contributed by atoms with Crippen LogP contribution in [0.15, 0.2) is 88.3 Å². The number of rotatable bonds is 11. The molecule has 1 aromatic heterocycles. The quantitative estimate of drug-likeness (QED) is 0.149. The van der Waals surface area contributed by atoms with Crippen molar-refractivity contribution in [1.29, 1.82) is 0 Å². The number of hydrogen-bond donors (Lipinski definition) is 0. The molecule has 0 spiro atoms. The summed E-state index contributed by atoms with van der Waals surface area (Å²) in [5, 5.41) is 1.14. The first-order chi connectivity index (χ1) is 24.3. The summed E-state index contributed by atoms with van der Waals surface area (Å²) in [6, 6.07) is 25.1. The molecule has 3 fully saturated rings. The van der Waals surface area contributed by atoms with Gasteiger partial charge in [-0.1, -0.05) is 89.6 Å². The molecule has 0 amide bonds. The van der Waals surface area contributed by atoms with Crippen LogP contribution in [0.3, 0.4) is 0 Å². The first-order valence-corrected chi connectivity index (χ1v) is 19.2. The van der Waals surface area contributed by atoms with Crippen LogP contribution in [0.1, 0.15) is 113 Å². The van der Waals surface area contributed by atoms with Crippen molar-refractivity contribution in [3.8, 4) is 11.1 Å². The highest BCUT2D eigenvalue weighted by Crippen LogP contribution is 2.48. The Hall–Kier alpha value is -3.80. The summed E-state index contributed by atoms with van der Waals surface area (Å²) in [5.74, 6) is 1.00. The molecule has 50 heavy (non-hydrogen) atoms. The maximum atomic E-state index is 13.8. The van der Waals surface area contributed by atoms with Gasteiger partial charge in [0.25, 0.3) is 5.56 Å². The molecular formula is C45H57N3O2. The largest absolute Gasteiger partial charge is 0.379 e. The van der Waals surface area contributed by atoms with E-state index in [0.717, 1.165) is 60.8 Å². The summed E-state index contributed by atoms with van der Waals surface area (Å²) in [7, 11) is 0. The van der Waals surface area contributed by atoms with Crippen molar-refractivity contribution in [3.05, 3.63) is 117 Å². The van der Waals surface area contributed by atoms with Gasteiger partial charge in [-0.3, -0.25) is 14.7 Å². The van der Waals surface area contributed by atoms with Crippen LogP contribution in [0.4, 0.5) is 0 Å². The summed E-state index contributed by atoms with van der Waals surface area (Å²) in [5.41, 5.74) is 10.5. The average molecular weight is 672 g/mol. The molecule has 0 radical (unpaired) electrons. The van der Waals surface area contributed by atoms with Crippen molar-refractivity contribution in [2.24, 2.45) is 10.9 Å². The lowest BCUT2D eigenvalue weighted by Crippen LogP contribution is -2.53. The molecule has 3 aliphatic rings. The minimum atomic E-state index is -0.564. The monoisotopic (exact) mass is 671 g/mol. The van der Waals surface area contributed by atoms with Gasteiger partial charge in [0.1, 0.15) is 0 Å². The van der Waals surface area contributed by atoms with E-state index < -0.39 is 5.54 Å². The Balaban J connectivity index is 0.00000212. The molecule has 2 saturated carbocycles. The third-order valence-electron chi connectivity index (χ3n) is 10.6. The van der Waals surface area contributed by atoms with Crippen molar-refractivity contribution in [3.63, 3.8) is 0 Å². The van der Waals surface area contributed by atoms with Crippen molar-refractivity contribution < 1.29 is 4.74 Å². The summed E-state index contributed by atoms with van der Waals surface area (Å²) >= 11 is 0. The Bertz CT molecular complexity index is 1920. The van der Waals surface area contributed by atoms with Crippen molar-refractivity contribution >= 4 is 17.1 Å². The third-order valence-corrected chi connectivity index (χ3v) is 10.6. The van der Waals surface area contributed by atoms with Gasteiger partial charge in [-0.05, 0) is 114 Å². The lowest BCUT2D eigenvalue weighted by molar-refractivity contribution is 0.00107. The number of hydrogen-bond acceptors (Lipinski definition) is 4. The summed E-state index contributed by atoms with van der Waals surface area (Å²) < 4.78 is 8.02. The lowest BCUT2D eigenvalue weighted by Gasteiger charge is -2.47. The number of nitrogens with zero attached hydrogens (tertiary/aromatic N) is 3. The van der Waals surface area contributed by atoms with Crippen molar-refractivity contribution in [2.45, 2.75) is 104 Å². The number of ether oxygens (including phenoxy) is 1. The van der Waals surface area contributed by atoms with E-state index in [-0.39, 0.29) is 11.6 Å². The average Bonchev–Trinajstić information content (AvgIpc) is 4.06. The molecule has 1 aliphatic heterocycles. The number of aliphatic imine (C=N–C) groups is 1. The zero-order valence-electron chi connectivity index (χ0n) is 31.5. The molecule has 7 rings (SSSR count). The van der Waals surface area contributed by atoms with Gasteiger partial charge in [-0.2, -0.15) is 0 Å². The Morgan fingerprint density at radius 2 is 1.68 bits per heavy atom. The minimum Gasteiger partial charge on any atom is -0.379 e. The highest BCUT2D eigenvalue weighted by molar-refractivity contribution is 5.95. The Labute approximate surface area is 300 Å². The van der Waals surface area contributed by atoms with Crippen LogP contribution >= 0.6 is 0 Å². The number of pyridine rings is 1. The standard InChI is InChI=1S/C43H51N3O2.C2H6/c1-6-8-32-9-7-10-34(23-32)39-26-42(47)46(37-16-17-37)41-18-15-36(25-40(39)41)43(45-19-21-48-22-20-45,31(5)28-44-27-29(2)3)35-14-11-30(4)38(24-35)33-12-13-33;1-2/h7,9-11,14-15,18,23-29,33,37H,6,8,12-13,16-17,19-22H2,1-5H3;1-2H3/b31-28+,44-27?;. The summed E-state index contributed by atoms with van der Waals surface area (Å²) in [4.78, 5) is 21.3. The predicted octanol–water partition coefficient (Wildman–Crippen LogP) is 10.4. The zero-order valence-corrected chi connectivity index (χ0v) is 31.5. The van der Waals surface area contributed by atoms with Crippen LogP contribution in [0.5, 0.6) is 0 Å². The maximum absolute atomic E-state index is 13.8. The van der Waals surface area contributed by atoms with Gasteiger partial charge in [0.15, 0.2) is 0 Å². The van der Waals surface area contributed by atoms with Gasteiger partial charge in [0.2, 0.25) is 0 Å². The van der Waals surface area contributed by atoms with Gasteiger partial charge in [0, 0.05) is 43.0 Å². The fourth-order valence-electron chi connectivity index (χ4n) is 7.96. The van der Waals surface area contributed by atoms with Crippen LogP contribution in [0, 0.1) is 12.8 Å². The first-order valence-electron chi connectivity index (χ1n) is 19.2. The van der Waals surface area contributed by atoms with Crippen LogP contribution in [-0.4, -0.2) is 42.0 Å². The molecule has 5 heteroatoms. The van der Waals surface area contributed by atoms with E-state index in [1.807, 2.05) is 26.1 Å². The van der Waals surface area contributed by atoms with Crippen molar-refractivity contribution in [2.75, 3.05) is 26.3 Å². The molecule has 1 unspecified atom stereocenters. The SMILES string of the molecule is CC.CCCc1cccc(-c2cc(=O)n(C3CC3)c3ccc(C(/C(C)=C/N=CC(C)C)(c4ccc(C)c(C5CC5)c4)N4CCOCC4)cc23)c1. The molecule has 2 aliphatic carbocycles. The number of morpholine rings is 1. The smallest absolute Gasteiger partial charge is 0.251 e. The lowest BCUT2D eigenvalue weighted by atomic mass is 9.74. The summed E-state index contributed by atoms with van der Waals surface area (Å²) in [6.45, 7) is 18.1. The highest BCUT2D eigenvalue weighted by Gasteiger charge is 2.44. The Morgan fingerprint density at radius 1 is 0.960 bits per heavy atom. The molecule has 0 N–H and O–H groups in total. The molecule has 2 heterocycles. The van der Waals surface area contributed by atoms with Gasteiger partial charge >= 0.3 is 0 Å². The molecule has 0 bridgehead atoms. The zero-order chi connectivity index (χ0) is 35.4. The number of benzene rings is 3. The van der Waals surface area contributed by atoms with E-state index in [2.05, 4.69) is 111 Å².